The Labute approximate surface area is 124 Å². The SMILES string of the molecule is CC1CN(C(=O)Cn2ccnn2)c2cc(Br)ccc2O1. The van der Waals surface area contributed by atoms with Crippen LogP contribution in [0.2, 0.25) is 0 Å². The van der Waals surface area contributed by atoms with E-state index in [4.69, 9.17) is 4.74 Å². The minimum absolute atomic E-state index is 0.0370. The normalized spacial score (nSPS) is 17.5. The van der Waals surface area contributed by atoms with Crippen molar-refractivity contribution in [1.29, 1.82) is 0 Å². The number of rotatable bonds is 2. The summed E-state index contributed by atoms with van der Waals surface area (Å²) < 4.78 is 8.18. The first kappa shape index (κ1) is 13.1. The van der Waals surface area contributed by atoms with Crippen LogP contribution in [0.25, 0.3) is 0 Å². The summed E-state index contributed by atoms with van der Waals surface area (Å²) in [6.45, 7) is 2.64. The van der Waals surface area contributed by atoms with Gasteiger partial charge in [0.05, 0.1) is 18.4 Å². The van der Waals surface area contributed by atoms with Crippen molar-refractivity contribution in [3.8, 4) is 5.75 Å². The highest BCUT2D eigenvalue weighted by atomic mass is 79.9. The molecule has 0 saturated heterocycles. The lowest BCUT2D eigenvalue weighted by atomic mass is 10.2. The molecule has 104 valence electrons. The van der Waals surface area contributed by atoms with Gasteiger partial charge in [-0.05, 0) is 25.1 Å². The topological polar surface area (TPSA) is 60.2 Å². The highest BCUT2D eigenvalue weighted by molar-refractivity contribution is 9.10. The quantitative estimate of drug-likeness (QED) is 0.839. The molecule has 1 aromatic heterocycles. The average molecular weight is 337 g/mol. The van der Waals surface area contributed by atoms with E-state index in [-0.39, 0.29) is 18.6 Å². The number of hydrogen-bond acceptors (Lipinski definition) is 4. The van der Waals surface area contributed by atoms with Crippen LogP contribution in [0.5, 0.6) is 5.75 Å². The number of anilines is 1. The zero-order valence-corrected chi connectivity index (χ0v) is 12.4. The first-order chi connectivity index (χ1) is 9.63. The van der Waals surface area contributed by atoms with E-state index in [1.165, 1.54) is 4.68 Å². The Bertz CT molecular complexity index is 629. The molecule has 2 heterocycles. The van der Waals surface area contributed by atoms with Crippen LogP contribution < -0.4 is 9.64 Å². The molecule has 1 amide bonds. The molecule has 0 fully saturated rings. The maximum absolute atomic E-state index is 12.5. The van der Waals surface area contributed by atoms with E-state index in [0.717, 1.165) is 15.9 Å². The van der Waals surface area contributed by atoms with Crippen LogP contribution in [0, 0.1) is 0 Å². The van der Waals surface area contributed by atoms with Gasteiger partial charge in [0.2, 0.25) is 5.91 Å². The van der Waals surface area contributed by atoms with Crippen LogP contribution in [0.4, 0.5) is 5.69 Å². The molecule has 0 spiro atoms. The second kappa shape index (κ2) is 5.24. The largest absolute Gasteiger partial charge is 0.487 e. The fraction of sp³-hybridized carbons (Fsp3) is 0.308. The monoisotopic (exact) mass is 336 g/mol. The van der Waals surface area contributed by atoms with E-state index >= 15 is 0 Å². The summed E-state index contributed by atoms with van der Waals surface area (Å²) in [5.74, 6) is 0.684. The number of fused-ring (bicyclic) bond motifs is 1. The van der Waals surface area contributed by atoms with Crippen molar-refractivity contribution in [2.24, 2.45) is 0 Å². The zero-order chi connectivity index (χ0) is 14.1. The van der Waals surface area contributed by atoms with Gasteiger partial charge in [-0.3, -0.25) is 4.79 Å². The predicted octanol–water partition coefficient (Wildman–Crippen LogP) is 1.85. The second-order valence-corrected chi connectivity index (χ2v) is 5.56. The van der Waals surface area contributed by atoms with Gasteiger partial charge in [-0.25, -0.2) is 4.68 Å². The van der Waals surface area contributed by atoms with Crippen molar-refractivity contribution >= 4 is 27.5 Å². The molecule has 1 aliphatic rings. The molecule has 1 aromatic carbocycles. The van der Waals surface area contributed by atoms with E-state index in [9.17, 15) is 4.79 Å². The Kier molecular flexibility index (Phi) is 3.43. The molecule has 0 aliphatic carbocycles. The molecule has 1 aliphatic heterocycles. The van der Waals surface area contributed by atoms with E-state index < -0.39 is 0 Å². The van der Waals surface area contributed by atoms with Gasteiger partial charge in [0.25, 0.3) is 0 Å². The van der Waals surface area contributed by atoms with Gasteiger partial charge >= 0.3 is 0 Å². The Hall–Kier alpha value is -1.89. The average Bonchev–Trinajstić information content (AvgIpc) is 2.91. The molecule has 7 heteroatoms. The van der Waals surface area contributed by atoms with Crippen LogP contribution in [-0.2, 0) is 11.3 Å². The maximum atomic E-state index is 12.5. The number of aromatic nitrogens is 3. The predicted molar refractivity (Wildman–Crippen MR) is 76.6 cm³/mol. The Morgan fingerprint density at radius 2 is 2.40 bits per heavy atom. The van der Waals surface area contributed by atoms with Crippen molar-refractivity contribution in [2.75, 3.05) is 11.4 Å². The van der Waals surface area contributed by atoms with E-state index in [1.54, 1.807) is 17.3 Å². The van der Waals surface area contributed by atoms with Gasteiger partial charge in [0, 0.05) is 10.7 Å². The summed E-state index contributed by atoms with van der Waals surface area (Å²) in [4.78, 5) is 14.2. The molecule has 0 N–H and O–H groups in total. The van der Waals surface area contributed by atoms with Crippen molar-refractivity contribution in [2.45, 2.75) is 19.6 Å². The third-order valence-electron chi connectivity index (χ3n) is 3.05. The summed E-state index contributed by atoms with van der Waals surface area (Å²) in [5.41, 5.74) is 0.780. The molecule has 0 saturated carbocycles. The summed E-state index contributed by atoms with van der Waals surface area (Å²) in [7, 11) is 0. The first-order valence-electron chi connectivity index (χ1n) is 6.24. The van der Waals surface area contributed by atoms with Crippen molar-refractivity contribution < 1.29 is 9.53 Å². The lowest BCUT2D eigenvalue weighted by Gasteiger charge is -2.33. The minimum atomic E-state index is -0.0385. The number of nitrogens with zero attached hydrogens (tertiary/aromatic N) is 4. The van der Waals surface area contributed by atoms with Gasteiger partial charge in [0.15, 0.2) is 0 Å². The Balaban J connectivity index is 1.89. The second-order valence-electron chi connectivity index (χ2n) is 4.65. The third-order valence-corrected chi connectivity index (χ3v) is 3.54. The molecule has 1 atom stereocenters. The van der Waals surface area contributed by atoms with Crippen LogP contribution >= 0.6 is 15.9 Å². The van der Waals surface area contributed by atoms with Crippen LogP contribution in [-0.4, -0.2) is 33.5 Å². The fourth-order valence-corrected chi connectivity index (χ4v) is 2.54. The lowest BCUT2D eigenvalue weighted by molar-refractivity contribution is -0.119. The van der Waals surface area contributed by atoms with Gasteiger partial charge in [-0.15, -0.1) is 5.10 Å². The fourth-order valence-electron chi connectivity index (χ4n) is 2.19. The van der Waals surface area contributed by atoms with Gasteiger partial charge < -0.3 is 9.64 Å². The molecule has 20 heavy (non-hydrogen) atoms. The number of amides is 1. The van der Waals surface area contributed by atoms with Gasteiger partial charge in [0.1, 0.15) is 18.4 Å². The molecule has 2 aromatic rings. The number of carbonyl (C=O) groups excluding carboxylic acids is 1. The van der Waals surface area contributed by atoms with Crippen LogP contribution in [0.3, 0.4) is 0 Å². The summed E-state index contributed by atoms with van der Waals surface area (Å²) in [6, 6.07) is 5.65. The first-order valence-corrected chi connectivity index (χ1v) is 7.03. The van der Waals surface area contributed by atoms with Gasteiger partial charge in [-0.1, -0.05) is 21.1 Å². The third kappa shape index (κ3) is 2.53. The molecule has 0 bridgehead atoms. The Morgan fingerprint density at radius 3 is 3.15 bits per heavy atom. The molecule has 0 radical (unpaired) electrons. The van der Waals surface area contributed by atoms with E-state index in [1.807, 2.05) is 25.1 Å². The highest BCUT2D eigenvalue weighted by Gasteiger charge is 2.27. The van der Waals surface area contributed by atoms with E-state index in [0.29, 0.717) is 6.54 Å². The van der Waals surface area contributed by atoms with Crippen molar-refractivity contribution in [1.82, 2.24) is 15.0 Å². The Morgan fingerprint density at radius 1 is 1.55 bits per heavy atom. The maximum Gasteiger partial charge on any atom is 0.249 e. The highest BCUT2D eigenvalue weighted by Crippen LogP contribution is 2.35. The van der Waals surface area contributed by atoms with Crippen LogP contribution in [0.1, 0.15) is 6.92 Å². The summed E-state index contributed by atoms with van der Waals surface area (Å²) >= 11 is 3.42. The standard InChI is InChI=1S/C13H13BrN4O2/c1-9-7-18(13(19)8-17-5-4-15-16-17)11-6-10(14)2-3-12(11)20-9/h2-6,9H,7-8H2,1H3. The zero-order valence-electron chi connectivity index (χ0n) is 10.9. The smallest absolute Gasteiger partial charge is 0.249 e. The number of hydrogen-bond donors (Lipinski definition) is 0. The van der Waals surface area contributed by atoms with Crippen molar-refractivity contribution in [3.63, 3.8) is 0 Å². The molecule has 3 rings (SSSR count). The van der Waals surface area contributed by atoms with Gasteiger partial charge in [-0.2, -0.15) is 0 Å². The van der Waals surface area contributed by atoms with E-state index in [2.05, 4.69) is 26.2 Å². The summed E-state index contributed by atoms with van der Waals surface area (Å²) in [5, 5.41) is 7.53. The minimum Gasteiger partial charge on any atom is -0.487 e. The van der Waals surface area contributed by atoms with Crippen LogP contribution in [0.15, 0.2) is 35.1 Å². The molecule has 1 unspecified atom stereocenters. The molecular weight excluding hydrogens is 324 g/mol. The number of carbonyl (C=O) groups is 1. The number of ether oxygens (including phenoxy) is 1. The number of halogens is 1. The summed E-state index contributed by atoms with van der Waals surface area (Å²) in [6.07, 6.45) is 3.19. The molecule has 6 nitrogen and oxygen atoms in total. The molecular formula is C13H13BrN4O2. The lowest BCUT2D eigenvalue weighted by Crippen LogP contribution is -2.43. The van der Waals surface area contributed by atoms with Crippen molar-refractivity contribution in [3.05, 3.63) is 35.1 Å². The number of benzene rings is 1.